The summed E-state index contributed by atoms with van der Waals surface area (Å²) in [5.41, 5.74) is 0. The highest BCUT2D eigenvalue weighted by Crippen LogP contribution is 2.18. The molecule has 0 aromatic carbocycles. The SMILES string of the molecule is O=C1O[C@@H]([C@H](O)C(=O)O)[C@@H](O)[C@@H]1O. The molecular weight excluding hydrogens is 184 g/mol. The highest BCUT2D eigenvalue weighted by molar-refractivity contribution is 5.80. The number of aliphatic hydroxyl groups excluding tert-OH is 3. The Morgan fingerprint density at radius 3 is 2.31 bits per heavy atom. The first-order chi connectivity index (χ1) is 5.95. The molecule has 0 amide bonds. The highest BCUT2D eigenvalue weighted by Gasteiger charge is 2.48. The molecule has 0 aromatic rings. The second kappa shape index (κ2) is 3.29. The van der Waals surface area contributed by atoms with Gasteiger partial charge in [-0.15, -0.1) is 0 Å². The minimum atomic E-state index is -2.03. The maximum absolute atomic E-state index is 10.6. The van der Waals surface area contributed by atoms with Crippen LogP contribution < -0.4 is 0 Å². The van der Waals surface area contributed by atoms with E-state index in [9.17, 15) is 9.59 Å². The van der Waals surface area contributed by atoms with Gasteiger partial charge in [0.1, 0.15) is 6.10 Å². The smallest absolute Gasteiger partial charge is 0.338 e. The van der Waals surface area contributed by atoms with Crippen molar-refractivity contribution in [1.82, 2.24) is 0 Å². The molecule has 0 radical (unpaired) electrons. The summed E-state index contributed by atoms with van der Waals surface area (Å²) in [6.45, 7) is 0. The van der Waals surface area contributed by atoms with Crippen LogP contribution in [0.1, 0.15) is 0 Å². The molecule has 1 aliphatic rings. The number of hydrogen-bond donors (Lipinski definition) is 4. The molecule has 1 fully saturated rings. The largest absolute Gasteiger partial charge is 0.479 e. The van der Waals surface area contributed by atoms with Gasteiger partial charge in [-0.05, 0) is 0 Å². The maximum Gasteiger partial charge on any atom is 0.338 e. The molecule has 1 heterocycles. The van der Waals surface area contributed by atoms with Gasteiger partial charge in [-0.3, -0.25) is 0 Å². The summed E-state index contributed by atoms with van der Waals surface area (Å²) in [4.78, 5) is 20.8. The third kappa shape index (κ3) is 1.62. The average Bonchev–Trinajstić information content (AvgIpc) is 2.31. The molecule has 7 nitrogen and oxygen atoms in total. The number of esters is 1. The molecule has 74 valence electrons. The lowest BCUT2D eigenvalue weighted by atomic mass is 10.1. The zero-order valence-electron chi connectivity index (χ0n) is 6.32. The lowest BCUT2D eigenvalue weighted by Gasteiger charge is -2.15. The molecule has 13 heavy (non-hydrogen) atoms. The second-order valence-electron chi connectivity index (χ2n) is 2.62. The van der Waals surface area contributed by atoms with E-state index in [0.29, 0.717) is 0 Å². The van der Waals surface area contributed by atoms with Gasteiger partial charge in [-0.2, -0.15) is 0 Å². The summed E-state index contributed by atoms with van der Waals surface area (Å²) in [6, 6.07) is 0. The van der Waals surface area contributed by atoms with Gasteiger partial charge in [0, 0.05) is 0 Å². The molecular formula is C6H8O7. The Bertz CT molecular complexity index is 237. The van der Waals surface area contributed by atoms with Crippen LogP contribution in [0.4, 0.5) is 0 Å². The normalized spacial score (nSPS) is 35.6. The lowest BCUT2D eigenvalue weighted by Crippen LogP contribution is -2.42. The van der Waals surface area contributed by atoms with Crippen LogP contribution in [0.2, 0.25) is 0 Å². The van der Waals surface area contributed by atoms with E-state index in [1.807, 2.05) is 0 Å². The molecule has 0 unspecified atom stereocenters. The van der Waals surface area contributed by atoms with Crippen molar-refractivity contribution >= 4 is 11.9 Å². The molecule has 0 bridgehead atoms. The van der Waals surface area contributed by atoms with E-state index in [1.54, 1.807) is 0 Å². The summed E-state index contributed by atoms with van der Waals surface area (Å²) in [5, 5.41) is 35.0. The average molecular weight is 192 g/mol. The van der Waals surface area contributed by atoms with Crippen LogP contribution in [0.5, 0.6) is 0 Å². The minimum absolute atomic E-state index is 1.14. The predicted molar refractivity (Wildman–Crippen MR) is 35.5 cm³/mol. The van der Waals surface area contributed by atoms with Crippen molar-refractivity contribution in [1.29, 1.82) is 0 Å². The maximum atomic E-state index is 10.6. The summed E-state index contributed by atoms with van der Waals surface area (Å²) < 4.78 is 4.24. The van der Waals surface area contributed by atoms with E-state index >= 15 is 0 Å². The zero-order chi connectivity index (χ0) is 10.2. The summed E-state index contributed by atoms with van der Waals surface area (Å²) >= 11 is 0. The number of carboxylic acid groups (broad SMARTS) is 1. The van der Waals surface area contributed by atoms with Crippen molar-refractivity contribution in [2.75, 3.05) is 0 Å². The Kier molecular flexibility index (Phi) is 2.50. The monoisotopic (exact) mass is 192 g/mol. The van der Waals surface area contributed by atoms with Crippen molar-refractivity contribution in [3.8, 4) is 0 Å². The molecule has 0 aromatic heterocycles. The summed E-state index contributed by atoms with van der Waals surface area (Å²) in [7, 11) is 0. The van der Waals surface area contributed by atoms with Crippen molar-refractivity contribution < 1.29 is 34.8 Å². The van der Waals surface area contributed by atoms with Crippen LogP contribution in [-0.2, 0) is 14.3 Å². The number of hydrogen-bond acceptors (Lipinski definition) is 6. The first-order valence-corrected chi connectivity index (χ1v) is 3.42. The van der Waals surface area contributed by atoms with Gasteiger partial charge in [0.2, 0.25) is 0 Å². The van der Waals surface area contributed by atoms with E-state index in [1.165, 1.54) is 0 Å². The van der Waals surface area contributed by atoms with E-state index in [4.69, 9.17) is 20.4 Å². The fourth-order valence-corrected chi connectivity index (χ4v) is 0.984. The first-order valence-electron chi connectivity index (χ1n) is 3.42. The summed E-state index contributed by atoms with van der Waals surface area (Å²) in [5.74, 6) is -2.77. The van der Waals surface area contributed by atoms with E-state index in [0.717, 1.165) is 0 Å². The molecule has 4 atom stereocenters. The molecule has 1 saturated heterocycles. The van der Waals surface area contributed by atoms with Crippen LogP contribution in [0, 0.1) is 0 Å². The number of rotatable bonds is 2. The Morgan fingerprint density at radius 2 is 2.00 bits per heavy atom. The Labute approximate surface area is 72.2 Å². The van der Waals surface area contributed by atoms with Crippen molar-refractivity contribution in [3.63, 3.8) is 0 Å². The molecule has 0 saturated carbocycles. The fourth-order valence-electron chi connectivity index (χ4n) is 0.984. The Hall–Kier alpha value is -1.18. The Balaban J connectivity index is 2.73. The minimum Gasteiger partial charge on any atom is -0.479 e. The predicted octanol–water partition coefficient (Wildman–Crippen LogP) is -2.92. The molecule has 0 aliphatic carbocycles. The van der Waals surface area contributed by atoms with Crippen LogP contribution in [0.15, 0.2) is 0 Å². The Morgan fingerprint density at radius 1 is 1.46 bits per heavy atom. The third-order valence-electron chi connectivity index (χ3n) is 1.72. The number of carboxylic acids is 1. The van der Waals surface area contributed by atoms with Crippen LogP contribution in [0.3, 0.4) is 0 Å². The van der Waals surface area contributed by atoms with Crippen molar-refractivity contribution in [2.45, 2.75) is 24.4 Å². The molecule has 4 N–H and O–H groups in total. The fraction of sp³-hybridized carbons (Fsp3) is 0.667. The number of carbonyl (C=O) groups is 2. The van der Waals surface area contributed by atoms with Gasteiger partial charge >= 0.3 is 11.9 Å². The second-order valence-corrected chi connectivity index (χ2v) is 2.62. The number of ether oxygens (including phenoxy) is 1. The zero-order valence-corrected chi connectivity index (χ0v) is 6.32. The molecule has 7 heteroatoms. The van der Waals surface area contributed by atoms with Gasteiger partial charge in [-0.25, -0.2) is 9.59 Å². The van der Waals surface area contributed by atoms with Gasteiger partial charge in [-0.1, -0.05) is 0 Å². The van der Waals surface area contributed by atoms with Gasteiger partial charge in [0.05, 0.1) is 0 Å². The lowest BCUT2D eigenvalue weighted by molar-refractivity contribution is -0.161. The van der Waals surface area contributed by atoms with E-state index in [2.05, 4.69) is 4.74 Å². The quantitative estimate of drug-likeness (QED) is 0.345. The van der Waals surface area contributed by atoms with Crippen LogP contribution >= 0.6 is 0 Å². The van der Waals surface area contributed by atoms with Crippen LogP contribution in [0.25, 0.3) is 0 Å². The topological polar surface area (TPSA) is 124 Å². The standard InChI is InChI=1S/C6H8O7/c7-1-2(8)6(12)13-4(1)3(9)5(10)11/h1-4,7-9H,(H,10,11)/t1-,2-,3-,4+/m0/s1. The van der Waals surface area contributed by atoms with Gasteiger partial charge in [0.15, 0.2) is 18.3 Å². The summed E-state index contributed by atoms with van der Waals surface area (Å²) in [6.07, 6.45) is -7.14. The highest BCUT2D eigenvalue weighted by atomic mass is 16.6. The van der Waals surface area contributed by atoms with E-state index < -0.39 is 36.4 Å². The van der Waals surface area contributed by atoms with Gasteiger partial charge in [0.25, 0.3) is 0 Å². The van der Waals surface area contributed by atoms with Crippen molar-refractivity contribution in [2.24, 2.45) is 0 Å². The molecule has 1 aliphatic heterocycles. The number of cyclic esters (lactones) is 1. The van der Waals surface area contributed by atoms with E-state index in [-0.39, 0.29) is 0 Å². The van der Waals surface area contributed by atoms with Crippen molar-refractivity contribution in [3.05, 3.63) is 0 Å². The third-order valence-corrected chi connectivity index (χ3v) is 1.72. The number of carbonyl (C=O) groups excluding carboxylic acids is 1. The molecule has 1 rings (SSSR count). The number of aliphatic hydroxyl groups is 3. The first kappa shape index (κ1) is 9.90. The van der Waals surface area contributed by atoms with Crippen LogP contribution in [-0.4, -0.2) is 56.8 Å². The molecule has 0 spiro atoms. The number of aliphatic carboxylic acids is 1. The van der Waals surface area contributed by atoms with Gasteiger partial charge < -0.3 is 25.2 Å².